The van der Waals surface area contributed by atoms with E-state index in [1.54, 1.807) is 6.20 Å². The largest absolute Gasteiger partial charge is 0.494 e. The Hall–Kier alpha value is -3.67. The molecular weight excluding hydrogens is 388 g/mol. The number of carbonyl (C=O) groups excluding carboxylic acids is 1. The van der Waals surface area contributed by atoms with Gasteiger partial charge in [0.15, 0.2) is 0 Å². The number of hydrogen-bond donors (Lipinski definition) is 1. The summed E-state index contributed by atoms with van der Waals surface area (Å²) in [6.45, 7) is 5.97. The molecule has 0 saturated heterocycles. The summed E-state index contributed by atoms with van der Waals surface area (Å²) in [7, 11) is 0. The Morgan fingerprint density at radius 3 is 2.68 bits per heavy atom. The van der Waals surface area contributed by atoms with Gasteiger partial charge in [-0.1, -0.05) is 18.2 Å². The van der Waals surface area contributed by atoms with Gasteiger partial charge in [-0.2, -0.15) is 0 Å². The van der Waals surface area contributed by atoms with Crippen molar-refractivity contribution in [1.29, 1.82) is 0 Å². The van der Waals surface area contributed by atoms with Gasteiger partial charge in [0.1, 0.15) is 11.6 Å². The SMILES string of the molecule is CCOc1ccc(-c2cc(C(=O)NCCCn3ccnc3C)c3ccccc3n2)cc1. The van der Waals surface area contributed by atoms with Crippen LogP contribution in [0.4, 0.5) is 0 Å². The zero-order valence-electron chi connectivity index (χ0n) is 17.8. The molecule has 0 unspecified atom stereocenters. The molecule has 4 aromatic rings. The van der Waals surface area contributed by atoms with Crippen molar-refractivity contribution in [2.24, 2.45) is 0 Å². The van der Waals surface area contributed by atoms with Crippen LogP contribution in [0.15, 0.2) is 67.0 Å². The molecule has 2 heterocycles. The molecule has 2 aromatic carbocycles. The van der Waals surface area contributed by atoms with Gasteiger partial charge in [0.05, 0.1) is 23.4 Å². The van der Waals surface area contributed by atoms with Crippen LogP contribution in [0.1, 0.15) is 29.5 Å². The van der Waals surface area contributed by atoms with E-state index >= 15 is 0 Å². The second-order valence-electron chi connectivity index (χ2n) is 7.31. The van der Waals surface area contributed by atoms with Crippen molar-refractivity contribution in [2.75, 3.05) is 13.2 Å². The molecule has 0 radical (unpaired) electrons. The smallest absolute Gasteiger partial charge is 0.252 e. The molecule has 0 aliphatic rings. The Kier molecular flexibility index (Phi) is 6.26. The van der Waals surface area contributed by atoms with E-state index in [0.717, 1.165) is 46.7 Å². The number of nitrogens with one attached hydrogen (secondary N) is 1. The van der Waals surface area contributed by atoms with E-state index in [9.17, 15) is 4.79 Å². The van der Waals surface area contributed by atoms with E-state index < -0.39 is 0 Å². The molecule has 0 atom stereocenters. The van der Waals surface area contributed by atoms with Crippen molar-refractivity contribution in [3.63, 3.8) is 0 Å². The van der Waals surface area contributed by atoms with E-state index in [2.05, 4.69) is 14.9 Å². The predicted molar refractivity (Wildman–Crippen MR) is 122 cm³/mol. The molecule has 0 aliphatic heterocycles. The number of aryl methyl sites for hydroxylation is 2. The molecule has 6 nitrogen and oxygen atoms in total. The summed E-state index contributed by atoms with van der Waals surface area (Å²) in [4.78, 5) is 22.0. The average molecular weight is 415 g/mol. The molecule has 6 heteroatoms. The lowest BCUT2D eigenvalue weighted by Crippen LogP contribution is -2.25. The number of aromatic nitrogens is 3. The Morgan fingerprint density at radius 1 is 1.13 bits per heavy atom. The molecule has 4 rings (SSSR count). The molecule has 1 N–H and O–H groups in total. The molecule has 0 aliphatic carbocycles. The number of benzene rings is 2. The summed E-state index contributed by atoms with van der Waals surface area (Å²) in [6.07, 6.45) is 4.58. The van der Waals surface area contributed by atoms with E-state index in [-0.39, 0.29) is 5.91 Å². The molecule has 0 fully saturated rings. The standard InChI is InChI=1S/C25H26N4O2/c1-3-31-20-11-9-19(10-12-20)24-17-22(21-7-4-5-8-23(21)28-24)25(30)27-13-6-15-29-16-14-26-18(29)2/h4-5,7-12,14,16-17H,3,6,13,15H2,1-2H3,(H,27,30). The number of ether oxygens (including phenoxy) is 1. The minimum Gasteiger partial charge on any atom is -0.494 e. The minimum absolute atomic E-state index is 0.0897. The fourth-order valence-electron chi connectivity index (χ4n) is 3.59. The lowest BCUT2D eigenvalue weighted by atomic mass is 10.0. The van der Waals surface area contributed by atoms with Crippen LogP contribution in [0.5, 0.6) is 5.75 Å². The third-order valence-corrected chi connectivity index (χ3v) is 5.21. The number of carbonyl (C=O) groups is 1. The number of imidazole rings is 1. The zero-order valence-corrected chi connectivity index (χ0v) is 17.8. The number of pyridine rings is 1. The van der Waals surface area contributed by atoms with Crippen molar-refractivity contribution in [3.05, 3.63) is 78.4 Å². The highest BCUT2D eigenvalue weighted by Crippen LogP contribution is 2.26. The third kappa shape index (κ3) is 4.74. The van der Waals surface area contributed by atoms with Crippen LogP contribution in [-0.4, -0.2) is 33.6 Å². The van der Waals surface area contributed by atoms with Crippen LogP contribution >= 0.6 is 0 Å². The fourth-order valence-corrected chi connectivity index (χ4v) is 3.59. The van der Waals surface area contributed by atoms with Crippen molar-refractivity contribution < 1.29 is 9.53 Å². The third-order valence-electron chi connectivity index (χ3n) is 5.21. The predicted octanol–water partition coefficient (Wildman–Crippen LogP) is 4.63. The number of fused-ring (bicyclic) bond motifs is 1. The van der Waals surface area contributed by atoms with Crippen molar-refractivity contribution in [2.45, 2.75) is 26.8 Å². The number of amides is 1. The highest BCUT2D eigenvalue weighted by atomic mass is 16.5. The molecule has 158 valence electrons. The number of rotatable bonds is 8. The summed E-state index contributed by atoms with van der Waals surface area (Å²) < 4.78 is 7.61. The molecular formula is C25H26N4O2. The summed E-state index contributed by atoms with van der Waals surface area (Å²) in [6, 6.07) is 17.4. The van der Waals surface area contributed by atoms with Crippen LogP contribution in [0.25, 0.3) is 22.2 Å². The quantitative estimate of drug-likeness (QED) is 0.427. The summed E-state index contributed by atoms with van der Waals surface area (Å²) >= 11 is 0. The summed E-state index contributed by atoms with van der Waals surface area (Å²) in [5.41, 5.74) is 3.14. The highest BCUT2D eigenvalue weighted by Gasteiger charge is 2.14. The number of nitrogens with zero attached hydrogens (tertiary/aromatic N) is 3. The van der Waals surface area contributed by atoms with Gasteiger partial charge in [-0.3, -0.25) is 4.79 Å². The summed E-state index contributed by atoms with van der Waals surface area (Å²) in [5, 5.41) is 3.90. The van der Waals surface area contributed by atoms with Crippen LogP contribution in [0, 0.1) is 6.92 Å². The van der Waals surface area contributed by atoms with Gasteiger partial charge in [0, 0.05) is 36.4 Å². The van der Waals surface area contributed by atoms with Gasteiger partial charge in [0.25, 0.3) is 5.91 Å². The molecule has 0 saturated carbocycles. The van der Waals surface area contributed by atoms with Crippen LogP contribution < -0.4 is 10.1 Å². The maximum Gasteiger partial charge on any atom is 0.252 e. The van der Waals surface area contributed by atoms with Gasteiger partial charge in [-0.15, -0.1) is 0 Å². The first kappa shape index (κ1) is 20.6. The van der Waals surface area contributed by atoms with Crippen molar-refractivity contribution >= 4 is 16.8 Å². The number of para-hydroxylation sites is 1. The van der Waals surface area contributed by atoms with Crippen LogP contribution in [0.2, 0.25) is 0 Å². The van der Waals surface area contributed by atoms with Gasteiger partial charge >= 0.3 is 0 Å². The lowest BCUT2D eigenvalue weighted by molar-refractivity contribution is 0.0954. The van der Waals surface area contributed by atoms with Crippen molar-refractivity contribution in [3.8, 4) is 17.0 Å². The summed E-state index contributed by atoms with van der Waals surface area (Å²) in [5.74, 6) is 1.71. The Balaban J connectivity index is 1.54. The normalized spacial score (nSPS) is 10.9. The monoisotopic (exact) mass is 414 g/mol. The number of hydrogen-bond acceptors (Lipinski definition) is 4. The van der Waals surface area contributed by atoms with Crippen LogP contribution in [0.3, 0.4) is 0 Å². The second-order valence-corrected chi connectivity index (χ2v) is 7.31. The lowest BCUT2D eigenvalue weighted by Gasteiger charge is -2.11. The average Bonchev–Trinajstić information content (AvgIpc) is 3.21. The second kappa shape index (κ2) is 9.43. The first-order valence-electron chi connectivity index (χ1n) is 10.5. The molecule has 0 spiro atoms. The Labute approximate surface area is 181 Å². The van der Waals surface area contributed by atoms with Gasteiger partial charge in [0.2, 0.25) is 0 Å². The minimum atomic E-state index is -0.0897. The zero-order chi connectivity index (χ0) is 21.6. The fraction of sp³-hybridized carbons (Fsp3) is 0.240. The Bertz CT molecular complexity index is 1180. The molecule has 1 amide bonds. The maximum atomic E-state index is 13.0. The molecule has 31 heavy (non-hydrogen) atoms. The van der Waals surface area contributed by atoms with E-state index in [1.165, 1.54) is 0 Å². The first-order valence-corrected chi connectivity index (χ1v) is 10.5. The highest BCUT2D eigenvalue weighted by molar-refractivity contribution is 6.07. The Morgan fingerprint density at radius 2 is 1.94 bits per heavy atom. The molecule has 0 bridgehead atoms. The van der Waals surface area contributed by atoms with E-state index in [4.69, 9.17) is 9.72 Å². The topological polar surface area (TPSA) is 69.0 Å². The van der Waals surface area contributed by atoms with Gasteiger partial charge in [-0.05, 0) is 56.7 Å². The van der Waals surface area contributed by atoms with Gasteiger partial charge in [-0.25, -0.2) is 9.97 Å². The van der Waals surface area contributed by atoms with Gasteiger partial charge < -0.3 is 14.6 Å². The van der Waals surface area contributed by atoms with E-state index in [1.807, 2.05) is 74.6 Å². The van der Waals surface area contributed by atoms with E-state index in [0.29, 0.717) is 18.7 Å². The molecule has 2 aromatic heterocycles. The first-order chi connectivity index (χ1) is 15.2. The maximum absolute atomic E-state index is 13.0. The van der Waals surface area contributed by atoms with Crippen molar-refractivity contribution in [1.82, 2.24) is 19.9 Å². The van der Waals surface area contributed by atoms with Crippen LogP contribution in [-0.2, 0) is 6.54 Å².